The molecule has 0 fully saturated rings. The number of H-pyrrole nitrogens is 1. The number of benzene rings is 1. The molecule has 0 aliphatic rings. The normalized spacial score (nSPS) is 10.4. The first kappa shape index (κ1) is 14.8. The summed E-state index contributed by atoms with van der Waals surface area (Å²) in [7, 11) is 1.37. The molecule has 0 aliphatic carbocycles. The Morgan fingerprint density at radius 3 is 2.90 bits per heavy atom. The van der Waals surface area contributed by atoms with Gasteiger partial charge in [-0.3, -0.25) is 9.89 Å². The van der Waals surface area contributed by atoms with Crippen LogP contribution in [0.5, 0.6) is 5.75 Å². The molecule has 21 heavy (non-hydrogen) atoms. The van der Waals surface area contributed by atoms with E-state index < -0.39 is 11.7 Å². The van der Waals surface area contributed by atoms with E-state index in [1.165, 1.54) is 25.3 Å². The summed E-state index contributed by atoms with van der Waals surface area (Å²) in [5, 5.41) is 9.20. The Morgan fingerprint density at radius 2 is 2.29 bits per heavy atom. The standard InChI is InChI=1S/C14H17FN4O2/c1-3-4-10-12(16)13(19-18-10)14(20)17-8-5-6-11(21-2)9(15)7-8/h5-7H,3-4,16H2,1-2H3,(H,17,20)(H,18,19). The molecule has 0 saturated heterocycles. The molecule has 0 bridgehead atoms. The number of amides is 1. The van der Waals surface area contributed by atoms with Gasteiger partial charge in [0.05, 0.1) is 18.5 Å². The number of rotatable bonds is 5. The fourth-order valence-corrected chi connectivity index (χ4v) is 1.93. The number of aryl methyl sites for hydroxylation is 1. The highest BCUT2D eigenvalue weighted by atomic mass is 19.1. The zero-order chi connectivity index (χ0) is 15.4. The van der Waals surface area contributed by atoms with Crippen molar-refractivity contribution in [3.63, 3.8) is 0 Å². The lowest BCUT2D eigenvalue weighted by atomic mass is 10.2. The highest BCUT2D eigenvalue weighted by Crippen LogP contribution is 2.22. The number of nitrogens with zero attached hydrogens (tertiary/aromatic N) is 1. The lowest BCUT2D eigenvalue weighted by Gasteiger charge is -2.06. The van der Waals surface area contributed by atoms with Gasteiger partial charge in [0.25, 0.3) is 5.91 Å². The largest absolute Gasteiger partial charge is 0.494 e. The third-order valence-corrected chi connectivity index (χ3v) is 3.01. The van der Waals surface area contributed by atoms with Crippen molar-refractivity contribution < 1.29 is 13.9 Å². The second kappa shape index (κ2) is 6.25. The summed E-state index contributed by atoms with van der Waals surface area (Å²) in [5.41, 5.74) is 7.33. The quantitative estimate of drug-likeness (QED) is 0.788. The number of halogens is 1. The van der Waals surface area contributed by atoms with Gasteiger partial charge in [0.2, 0.25) is 0 Å². The van der Waals surface area contributed by atoms with Crippen molar-refractivity contribution in [2.75, 3.05) is 18.2 Å². The van der Waals surface area contributed by atoms with E-state index in [2.05, 4.69) is 15.5 Å². The third kappa shape index (κ3) is 3.13. The van der Waals surface area contributed by atoms with Crippen molar-refractivity contribution in [2.45, 2.75) is 19.8 Å². The van der Waals surface area contributed by atoms with E-state index in [0.717, 1.165) is 12.1 Å². The Kier molecular flexibility index (Phi) is 4.42. The van der Waals surface area contributed by atoms with E-state index in [4.69, 9.17) is 10.5 Å². The van der Waals surface area contributed by atoms with Crippen molar-refractivity contribution >= 4 is 17.3 Å². The summed E-state index contributed by atoms with van der Waals surface area (Å²) in [6.45, 7) is 2.00. The molecule has 4 N–H and O–H groups in total. The SMILES string of the molecule is CCCc1[nH]nc(C(=O)Nc2ccc(OC)c(F)c2)c1N. The topological polar surface area (TPSA) is 93.0 Å². The smallest absolute Gasteiger partial charge is 0.278 e. The first-order valence-electron chi connectivity index (χ1n) is 6.54. The monoisotopic (exact) mass is 292 g/mol. The van der Waals surface area contributed by atoms with Crippen molar-refractivity contribution in [2.24, 2.45) is 0 Å². The minimum absolute atomic E-state index is 0.106. The molecule has 7 heteroatoms. The first-order chi connectivity index (χ1) is 10.1. The Morgan fingerprint density at radius 1 is 1.52 bits per heavy atom. The van der Waals surface area contributed by atoms with Crippen LogP contribution in [0.2, 0.25) is 0 Å². The number of nitrogen functional groups attached to an aromatic ring is 1. The van der Waals surface area contributed by atoms with E-state index in [0.29, 0.717) is 17.8 Å². The number of nitrogens with one attached hydrogen (secondary N) is 2. The maximum absolute atomic E-state index is 13.6. The van der Waals surface area contributed by atoms with Gasteiger partial charge in [-0.1, -0.05) is 13.3 Å². The number of carbonyl (C=O) groups excluding carboxylic acids is 1. The Bertz CT molecular complexity index is 654. The maximum atomic E-state index is 13.6. The Hall–Kier alpha value is -2.57. The van der Waals surface area contributed by atoms with Crippen molar-refractivity contribution in [1.29, 1.82) is 0 Å². The first-order valence-corrected chi connectivity index (χ1v) is 6.54. The summed E-state index contributed by atoms with van der Waals surface area (Å²) >= 11 is 0. The Labute approximate surface area is 121 Å². The number of hydrogen-bond donors (Lipinski definition) is 3. The van der Waals surface area contributed by atoms with Crippen LogP contribution < -0.4 is 15.8 Å². The average Bonchev–Trinajstić information content (AvgIpc) is 2.81. The molecular formula is C14H17FN4O2. The van der Waals surface area contributed by atoms with Crippen LogP contribution in [0.15, 0.2) is 18.2 Å². The van der Waals surface area contributed by atoms with Crippen LogP contribution in [0.3, 0.4) is 0 Å². The Balaban J connectivity index is 2.16. The van der Waals surface area contributed by atoms with Gasteiger partial charge in [-0.25, -0.2) is 4.39 Å². The molecule has 0 aliphatic heterocycles. The minimum atomic E-state index is -0.558. The summed E-state index contributed by atoms with van der Waals surface area (Å²) in [5.74, 6) is -0.940. The molecule has 0 spiro atoms. The molecule has 0 atom stereocenters. The summed E-state index contributed by atoms with van der Waals surface area (Å²) in [4.78, 5) is 12.1. The van der Waals surface area contributed by atoms with Crippen molar-refractivity contribution in [1.82, 2.24) is 10.2 Å². The second-order valence-corrected chi connectivity index (χ2v) is 4.52. The van der Waals surface area contributed by atoms with Crippen molar-refractivity contribution in [3.8, 4) is 5.75 Å². The molecule has 1 aromatic heterocycles. The van der Waals surface area contributed by atoms with Gasteiger partial charge in [0.1, 0.15) is 0 Å². The van der Waals surface area contributed by atoms with Gasteiger partial charge in [0, 0.05) is 11.8 Å². The van der Waals surface area contributed by atoms with Crippen LogP contribution in [0.1, 0.15) is 29.5 Å². The zero-order valence-electron chi connectivity index (χ0n) is 11.9. The molecule has 2 rings (SSSR count). The molecule has 6 nitrogen and oxygen atoms in total. The van der Waals surface area contributed by atoms with Crippen LogP contribution in [-0.2, 0) is 6.42 Å². The number of ether oxygens (including phenoxy) is 1. The van der Waals surface area contributed by atoms with Gasteiger partial charge in [-0.05, 0) is 18.6 Å². The summed E-state index contributed by atoms with van der Waals surface area (Å²) < 4.78 is 18.4. The van der Waals surface area contributed by atoms with Crippen molar-refractivity contribution in [3.05, 3.63) is 35.4 Å². The lowest BCUT2D eigenvalue weighted by Crippen LogP contribution is -2.14. The van der Waals surface area contributed by atoms with E-state index in [-0.39, 0.29) is 11.4 Å². The number of nitrogens with two attached hydrogens (primary N) is 1. The fourth-order valence-electron chi connectivity index (χ4n) is 1.93. The van der Waals surface area contributed by atoms with Crippen LogP contribution in [0.25, 0.3) is 0 Å². The lowest BCUT2D eigenvalue weighted by molar-refractivity contribution is 0.102. The molecule has 0 saturated carbocycles. The van der Waals surface area contributed by atoms with Crippen LogP contribution in [0.4, 0.5) is 15.8 Å². The molecule has 0 radical (unpaired) electrons. The van der Waals surface area contributed by atoms with E-state index in [1.807, 2.05) is 6.92 Å². The highest BCUT2D eigenvalue weighted by Gasteiger charge is 2.17. The van der Waals surface area contributed by atoms with Gasteiger partial charge in [-0.2, -0.15) is 5.10 Å². The van der Waals surface area contributed by atoms with Crippen LogP contribution >= 0.6 is 0 Å². The zero-order valence-corrected chi connectivity index (χ0v) is 11.9. The molecule has 0 unspecified atom stereocenters. The predicted octanol–water partition coefficient (Wildman–Crippen LogP) is 2.34. The molecule has 1 amide bonds. The molecular weight excluding hydrogens is 275 g/mol. The number of aromatic amines is 1. The second-order valence-electron chi connectivity index (χ2n) is 4.52. The number of hydrogen-bond acceptors (Lipinski definition) is 4. The van der Waals surface area contributed by atoms with Gasteiger partial charge < -0.3 is 15.8 Å². The molecule has 1 aromatic carbocycles. The van der Waals surface area contributed by atoms with Crippen LogP contribution in [-0.4, -0.2) is 23.2 Å². The average molecular weight is 292 g/mol. The summed E-state index contributed by atoms with van der Waals surface area (Å²) in [6.07, 6.45) is 1.60. The molecule has 112 valence electrons. The number of carbonyl (C=O) groups is 1. The fraction of sp³-hybridized carbons (Fsp3) is 0.286. The van der Waals surface area contributed by atoms with Gasteiger partial charge in [0.15, 0.2) is 17.3 Å². The maximum Gasteiger partial charge on any atom is 0.278 e. The highest BCUT2D eigenvalue weighted by molar-refractivity contribution is 6.06. The van der Waals surface area contributed by atoms with E-state index >= 15 is 0 Å². The van der Waals surface area contributed by atoms with Gasteiger partial charge in [-0.15, -0.1) is 0 Å². The number of anilines is 2. The summed E-state index contributed by atoms with van der Waals surface area (Å²) in [6, 6.07) is 4.14. The van der Waals surface area contributed by atoms with Gasteiger partial charge >= 0.3 is 0 Å². The third-order valence-electron chi connectivity index (χ3n) is 3.01. The van der Waals surface area contributed by atoms with Crippen LogP contribution in [0, 0.1) is 5.82 Å². The molecule has 2 aromatic rings. The predicted molar refractivity (Wildman–Crippen MR) is 77.9 cm³/mol. The van der Waals surface area contributed by atoms with E-state index in [1.54, 1.807) is 0 Å². The molecule has 1 heterocycles. The number of aromatic nitrogens is 2. The minimum Gasteiger partial charge on any atom is -0.494 e. The van der Waals surface area contributed by atoms with E-state index in [9.17, 15) is 9.18 Å². The number of methoxy groups -OCH3 is 1.